The van der Waals surface area contributed by atoms with E-state index in [0.29, 0.717) is 24.7 Å². The second-order valence-electron chi connectivity index (χ2n) is 11.0. The van der Waals surface area contributed by atoms with Crippen molar-refractivity contribution < 1.29 is 13.6 Å². The molecular weight excluding hydrogens is 564 g/mol. The van der Waals surface area contributed by atoms with Gasteiger partial charge in [-0.2, -0.15) is 10.4 Å². The van der Waals surface area contributed by atoms with Gasteiger partial charge in [-0.15, -0.1) is 0 Å². The van der Waals surface area contributed by atoms with Gasteiger partial charge in [0.15, 0.2) is 0 Å². The number of carbonyl (C=O) groups excluding carboxylic acids is 1. The number of benzene rings is 2. The van der Waals surface area contributed by atoms with Crippen molar-refractivity contribution in [3.8, 4) is 17.3 Å². The Morgan fingerprint density at radius 1 is 1.09 bits per heavy atom. The van der Waals surface area contributed by atoms with E-state index in [1.165, 1.54) is 6.07 Å². The van der Waals surface area contributed by atoms with Crippen molar-refractivity contribution in [3.63, 3.8) is 0 Å². The Bertz CT molecular complexity index is 1690. The Morgan fingerprint density at radius 2 is 1.91 bits per heavy atom. The number of piperidine rings is 1. The minimum atomic E-state index is -0.852. The number of halogens is 2. The summed E-state index contributed by atoms with van der Waals surface area (Å²) in [6.07, 6.45) is 9.63. The summed E-state index contributed by atoms with van der Waals surface area (Å²) in [4.78, 5) is 29.8. The van der Waals surface area contributed by atoms with Crippen molar-refractivity contribution in [1.29, 1.82) is 5.26 Å². The van der Waals surface area contributed by atoms with Crippen LogP contribution >= 0.6 is 0 Å². The first-order chi connectivity index (χ1) is 21.5. The van der Waals surface area contributed by atoms with Gasteiger partial charge in [-0.1, -0.05) is 0 Å². The molecular formula is C32H31F2N9O. The molecule has 1 amide bonds. The fourth-order valence-electron chi connectivity index (χ4n) is 5.67. The largest absolute Gasteiger partial charge is 0.339 e. The second kappa shape index (κ2) is 13.0. The standard InChI is InChI=1S/C32H31F2N9O/c33-24-1-6-28(29(34)18-24)31(44)41-14-9-22(10-15-41)17-27(7-11-35)43-20-23(19-38-43)30-8-12-37-32(40-30)39-25-2-4-26(5-3-25)42-16-13-36-21-42/h1-6,8,12,18-22,27H,7,9-10,13-17H2,(H,37,39,40). The van der Waals surface area contributed by atoms with Crippen LogP contribution in [0.1, 0.15) is 42.1 Å². The molecule has 10 nitrogen and oxygen atoms in total. The number of hydrogen-bond acceptors (Lipinski definition) is 8. The first-order valence-corrected chi connectivity index (χ1v) is 14.6. The maximum atomic E-state index is 14.1. The van der Waals surface area contributed by atoms with E-state index < -0.39 is 17.5 Å². The van der Waals surface area contributed by atoms with E-state index in [4.69, 9.17) is 0 Å². The predicted molar refractivity (Wildman–Crippen MR) is 163 cm³/mol. The number of rotatable bonds is 9. The van der Waals surface area contributed by atoms with E-state index in [1.807, 2.05) is 47.5 Å². The summed E-state index contributed by atoms with van der Waals surface area (Å²) in [7, 11) is 0. The number of nitrogens with zero attached hydrogens (tertiary/aromatic N) is 8. The number of likely N-dealkylation sites (tertiary alicyclic amines) is 1. The lowest BCUT2D eigenvalue weighted by Gasteiger charge is -2.33. The number of aliphatic imine (C=N–C) groups is 1. The van der Waals surface area contributed by atoms with Gasteiger partial charge in [-0.25, -0.2) is 18.7 Å². The third-order valence-corrected chi connectivity index (χ3v) is 8.07. The number of carbonyl (C=O) groups is 1. The molecule has 0 aliphatic carbocycles. The molecule has 0 bridgehead atoms. The van der Waals surface area contributed by atoms with Gasteiger partial charge in [-0.05, 0) is 67.6 Å². The minimum Gasteiger partial charge on any atom is -0.339 e. The molecule has 2 aliphatic rings. The average molecular weight is 596 g/mol. The first-order valence-electron chi connectivity index (χ1n) is 14.6. The summed E-state index contributed by atoms with van der Waals surface area (Å²) in [5, 5.41) is 17.4. The Morgan fingerprint density at radius 3 is 2.64 bits per heavy atom. The van der Waals surface area contributed by atoms with Crippen LogP contribution in [0.5, 0.6) is 0 Å². The van der Waals surface area contributed by atoms with E-state index in [9.17, 15) is 18.8 Å². The van der Waals surface area contributed by atoms with Crippen LogP contribution in [-0.4, -0.2) is 63.1 Å². The summed E-state index contributed by atoms with van der Waals surface area (Å²) in [5.74, 6) is -1.27. The van der Waals surface area contributed by atoms with Crippen molar-refractivity contribution in [2.75, 3.05) is 36.4 Å². The smallest absolute Gasteiger partial charge is 0.256 e. The van der Waals surface area contributed by atoms with Crippen LogP contribution in [0.15, 0.2) is 72.1 Å². The molecule has 4 aromatic rings. The van der Waals surface area contributed by atoms with Crippen molar-refractivity contribution in [3.05, 3.63) is 84.3 Å². The molecule has 2 aliphatic heterocycles. The first kappa shape index (κ1) is 28.9. The van der Waals surface area contributed by atoms with Crippen LogP contribution in [0.25, 0.3) is 11.3 Å². The maximum absolute atomic E-state index is 14.1. The fraction of sp³-hybridized carbons (Fsp3) is 0.312. The van der Waals surface area contributed by atoms with Gasteiger partial charge in [-0.3, -0.25) is 14.5 Å². The Labute approximate surface area is 253 Å². The van der Waals surface area contributed by atoms with Crippen molar-refractivity contribution in [1.82, 2.24) is 24.6 Å². The van der Waals surface area contributed by atoms with Crippen LogP contribution in [0.3, 0.4) is 0 Å². The average Bonchev–Trinajstić information content (AvgIpc) is 3.75. The predicted octanol–water partition coefficient (Wildman–Crippen LogP) is 5.61. The number of nitriles is 1. The number of aromatic nitrogens is 4. The third kappa shape index (κ3) is 6.57. The van der Waals surface area contributed by atoms with E-state index in [0.717, 1.165) is 61.4 Å². The van der Waals surface area contributed by atoms with E-state index in [-0.39, 0.29) is 23.9 Å². The molecule has 1 atom stereocenters. The van der Waals surface area contributed by atoms with Crippen molar-refractivity contribution in [2.24, 2.45) is 10.9 Å². The van der Waals surface area contributed by atoms with Crippen LogP contribution in [0, 0.1) is 28.9 Å². The highest BCUT2D eigenvalue weighted by Crippen LogP contribution is 2.30. The highest BCUT2D eigenvalue weighted by atomic mass is 19.1. The number of amides is 1. The van der Waals surface area contributed by atoms with Crippen molar-refractivity contribution >= 4 is 29.6 Å². The highest BCUT2D eigenvalue weighted by Gasteiger charge is 2.28. The van der Waals surface area contributed by atoms with Crippen LogP contribution in [-0.2, 0) is 0 Å². The fourth-order valence-corrected chi connectivity index (χ4v) is 5.67. The summed E-state index contributed by atoms with van der Waals surface area (Å²) < 4.78 is 29.2. The Kier molecular flexibility index (Phi) is 8.54. The molecule has 44 heavy (non-hydrogen) atoms. The van der Waals surface area contributed by atoms with Gasteiger partial charge in [0.05, 0.1) is 48.9 Å². The quantitative estimate of drug-likeness (QED) is 0.268. The maximum Gasteiger partial charge on any atom is 0.256 e. The zero-order chi connectivity index (χ0) is 30.5. The van der Waals surface area contributed by atoms with E-state index in [2.05, 4.69) is 36.3 Å². The summed E-state index contributed by atoms with van der Waals surface area (Å²) in [6.45, 7) is 2.62. The summed E-state index contributed by atoms with van der Waals surface area (Å²) in [6, 6.07) is 15.0. The number of nitrogens with one attached hydrogen (secondary N) is 1. The Balaban J connectivity index is 1.07. The molecule has 2 aromatic heterocycles. The molecule has 2 aromatic carbocycles. The zero-order valence-electron chi connectivity index (χ0n) is 24.0. The molecule has 12 heteroatoms. The number of hydrogen-bond donors (Lipinski definition) is 1. The van der Waals surface area contributed by atoms with Gasteiger partial charge in [0.25, 0.3) is 5.91 Å². The molecule has 6 rings (SSSR count). The molecule has 0 saturated carbocycles. The molecule has 0 spiro atoms. The lowest BCUT2D eigenvalue weighted by Crippen LogP contribution is -2.39. The normalized spacial score (nSPS) is 15.8. The Hall–Kier alpha value is -5.18. The van der Waals surface area contributed by atoms with Crippen LogP contribution in [0.4, 0.5) is 26.1 Å². The van der Waals surface area contributed by atoms with Gasteiger partial charge in [0.2, 0.25) is 5.95 Å². The lowest BCUT2D eigenvalue weighted by atomic mass is 9.89. The topological polar surface area (TPSA) is 115 Å². The molecule has 224 valence electrons. The highest BCUT2D eigenvalue weighted by molar-refractivity contribution is 5.94. The second-order valence-corrected chi connectivity index (χ2v) is 11.0. The van der Waals surface area contributed by atoms with E-state index >= 15 is 0 Å². The van der Waals surface area contributed by atoms with Gasteiger partial charge < -0.3 is 15.1 Å². The van der Waals surface area contributed by atoms with Gasteiger partial charge >= 0.3 is 0 Å². The lowest BCUT2D eigenvalue weighted by molar-refractivity contribution is 0.0674. The minimum absolute atomic E-state index is 0.120. The molecule has 1 saturated heterocycles. The summed E-state index contributed by atoms with van der Waals surface area (Å²) in [5.41, 5.74) is 3.33. The zero-order valence-corrected chi connectivity index (χ0v) is 24.0. The summed E-state index contributed by atoms with van der Waals surface area (Å²) >= 11 is 0. The monoisotopic (exact) mass is 595 g/mol. The van der Waals surface area contributed by atoms with Crippen molar-refractivity contribution in [2.45, 2.75) is 31.7 Å². The van der Waals surface area contributed by atoms with E-state index in [1.54, 1.807) is 17.3 Å². The van der Waals surface area contributed by atoms with Crippen LogP contribution < -0.4 is 10.2 Å². The van der Waals surface area contributed by atoms with Gasteiger partial charge in [0.1, 0.15) is 11.6 Å². The SMILES string of the molecule is N#CCC(CC1CCN(C(=O)c2ccc(F)cc2F)CC1)n1cc(-c2ccnc(Nc3ccc(N4C=NCC4)cc3)n2)cn1. The molecule has 1 unspecified atom stereocenters. The third-order valence-electron chi connectivity index (χ3n) is 8.07. The molecule has 0 radical (unpaired) electrons. The molecule has 4 heterocycles. The molecule has 1 N–H and O–H groups in total. The molecule has 1 fully saturated rings. The van der Waals surface area contributed by atoms with Gasteiger partial charge in [0, 0.05) is 55.0 Å². The number of anilines is 3. The van der Waals surface area contributed by atoms with Crippen LogP contribution in [0.2, 0.25) is 0 Å².